The number of carboxylic acids is 1. The molecule has 0 aromatic heterocycles. The molecule has 1 atom stereocenters. The van der Waals surface area contributed by atoms with E-state index in [0.717, 1.165) is 11.1 Å². The van der Waals surface area contributed by atoms with Gasteiger partial charge in [0, 0.05) is 11.1 Å². The van der Waals surface area contributed by atoms with Crippen LogP contribution in [0.25, 0.3) is 11.1 Å². The van der Waals surface area contributed by atoms with E-state index in [1.54, 1.807) is 53.8 Å². The van der Waals surface area contributed by atoms with Crippen LogP contribution in [0.2, 0.25) is 0 Å². The van der Waals surface area contributed by atoms with Gasteiger partial charge in [0.15, 0.2) is 12.0 Å². The third-order valence-electron chi connectivity index (χ3n) is 4.85. The van der Waals surface area contributed by atoms with E-state index < -0.39 is 48.9 Å². The molecule has 2 aromatic carbocycles. The van der Waals surface area contributed by atoms with E-state index in [1.165, 1.54) is 0 Å². The standard InChI is InChI=1S/C20H15F6NO4/c21-19(22,23)15(20(24,25)26)9-14(17(28)29)27-18(30)31-16-12-7-3-1-5-10(12)11-6-2-4-8-13(11)16/h1-8,14-16H,9H2,(H,27,30)(H,28,29). The fourth-order valence-electron chi connectivity index (χ4n) is 3.43. The number of alkyl halides is 6. The van der Waals surface area contributed by atoms with Gasteiger partial charge in [-0.3, -0.25) is 0 Å². The van der Waals surface area contributed by atoms with Crippen molar-refractivity contribution in [1.82, 2.24) is 5.32 Å². The molecule has 0 saturated carbocycles. The van der Waals surface area contributed by atoms with Gasteiger partial charge in [0.25, 0.3) is 0 Å². The van der Waals surface area contributed by atoms with Crippen molar-refractivity contribution >= 4 is 12.1 Å². The van der Waals surface area contributed by atoms with Crippen molar-refractivity contribution in [2.45, 2.75) is 30.9 Å². The molecule has 11 heteroatoms. The van der Waals surface area contributed by atoms with Gasteiger partial charge in [0.1, 0.15) is 6.04 Å². The lowest BCUT2D eigenvalue weighted by Crippen LogP contribution is -2.47. The molecule has 1 unspecified atom stereocenters. The van der Waals surface area contributed by atoms with E-state index in [2.05, 4.69) is 0 Å². The largest absolute Gasteiger partial charge is 0.480 e. The van der Waals surface area contributed by atoms with Crippen molar-refractivity contribution in [2.75, 3.05) is 0 Å². The van der Waals surface area contributed by atoms with Gasteiger partial charge in [-0.15, -0.1) is 0 Å². The number of carbonyl (C=O) groups is 2. The highest BCUT2D eigenvalue weighted by Gasteiger charge is 2.57. The van der Waals surface area contributed by atoms with Crippen LogP contribution in [0.3, 0.4) is 0 Å². The number of nitrogens with one attached hydrogen (secondary N) is 1. The summed E-state index contributed by atoms with van der Waals surface area (Å²) in [5.74, 6) is -5.97. The minimum atomic E-state index is -5.74. The Labute approximate surface area is 171 Å². The zero-order valence-corrected chi connectivity index (χ0v) is 15.5. The highest BCUT2D eigenvalue weighted by Crippen LogP contribution is 2.45. The number of halogens is 6. The normalized spacial score (nSPS) is 14.7. The Kier molecular flexibility index (Phi) is 5.88. The molecule has 0 aliphatic heterocycles. The molecule has 2 aromatic rings. The van der Waals surface area contributed by atoms with Crippen molar-refractivity contribution in [2.24, 2.45) is 5.92 Å². The molecule has 2 N–H and O–H groups in total. The minimum Gasteiger partial charge on any atom is -0.480 e. The molecule has 3 rings (SSSR count). The molecule has 0 heterocycles. The van der Waals surface area contributed by atoms with E-state index in [9.17, 15) is 35.9 Å². The van der Waals surface area contributed by atoms with Crippen molar-refractivity contribution in [3.63, 3.8) is 0 Å². The molecule has 166 valence electrons. The van der Waals surface area contributed by atoms with E-state index in [4.69, 9.17) is 9.84 Å². The van der Waals surface area contributed by atoms with Gasteiger partial charge in [-0.2, -0.15) is 26.3 Å². The summed E-state index contributed by atoms with van der Waals surface area (Å²) in [6.07, 6.45) is -15.8. The van der Waals surface area contributed by atoms with Crippen molar-refractivity contribution in [1.29, 1.82) is 0 Å². The summed E-state index contributed by atoms with van der Waals surface area (Å²) in [4.78, 5) is 23.5. The first-order valence-electron chi connectivity index (χ1n) is 8.91. The van der Waals surface area contributed by atoms with E-state index >= 15 is 0 Å². The lowest BCUT2D eigenvalue weighted by atomic mass is 9.98. The van der Waals surface area contributed by atoms with E-state index in [-0.39, 0.29) is 0 Å². The lowest BCUT2D eigenvalue weighted by molar-refractivity contribution is -0.286. The Balaban J connectivity index is 1.79. The maximum Gasteiger partial charge on any atom is 0.408 e. The Hall–Kier alpha value is -3.24. The number of hydrogen-bond acceptors (Lipinski definition) is 3. The van der Waals surface area contributed by atoms with Crippen LogP contribution < -0.4 is 5.32 Å². The maximum absolute atomic E-state index is 12.8. The molecule has 0 saturated heterocycles. The van der Waals surface area contributed by atoms with Gasteiger partial charge in [0.2, 0.25) is 0 Å². The highest BCUT2D eigenvalue weighted by atomic mass is 19.4. The van der Waals surface area contributed by atoms with Crippen LogP contribution in [0, 0.1) is 5.92 Å². The number of aliphatic carboxylic acids is 1. The highest BCUT2D eigenvalue weighted by molar-refractivity contribution is 5.82. The third kappa shape index (κ3) is 4.75. The summed E-state index contributed by atoms with van der Waals surface area (Å²) >= 11 is 0. The molecular weight excluding hydrogens is 432 g/mol. The number of rotatable bonds is 5. The average Bonchev–Trinajstić information content (AvgIpc) is 2.97. The Morgan fingerprint density at radius 3 is 1.77 bits per heavy atom. The Morgan fingerprint density at radius 1 is 0.903 bits per heavy atom. The Bertz CT molecular complexity index is 929. The van der Waals surface area contributed by atoms with Crippen LogP contribution in [0.1, 0.15) is 23.7 Å². The molecule has 1 amide bonds. The second-order valence-corrected chi connectivity index (χ2v) is 6.87. The fraction of sp³-hybridized carbons (Fsp3) is 0.300. The zero-order chi connectivity index (χ0) is 23.0. The lowest BCUT2D eigenvalue weighted by Gasteiger charge is -2.26. The Morgan fingerprint density at radius 2 is 1.35 bits per heavy atom. The molecule has 0 radical (unpaired) electrons. The van der Waals surface area contributed by atoms with Gasteiger partial charge in [-0.25, -0.2) is 9.59 Å². The molecular formula is C20H15F6NO4. The molecule has 1 aliphatic carbocycles. The first kappa shape index (κ1) is 22.4. The number of hydrogen-bond donors (Lipinski definition) is 2. The van der Waals surface area contributed by atoms with Crippen molar-refractivity contribution in [3.05, 3.63) is 59.7 Å². The topological polar surface area (TPSA) is 75.6 Å². The van der Waals surface area contributed by atoms with Gasteiger partial charge < -0.3 is 15.2 Å². The summed E-state index contributed by atoms with van der Waals surface area (Å²) in [6, 6.07) is 11.1. The quantitative estimate of drug-likeness (QED) is 0.628. The smallest absolute Gasteiger partial charge is 0.408 e. The fourth-order valence-corrected chi connectivity index (χ4v) is 3.43. The summed E-state index contributed by atoms with van der Waals surface area (Å²) in [5.41, 5.74) is 2.57. The molecule has 1 aliphatic rings. The predicted molar refractivity (Wildman–Crippen MR) is 95.0 cm³/mol. The zero-order valence-electron chi connectivity index (χ0n) is 15.5. The second kappa shape index (κ2) is 8.12. The number of benzene rings is 2. The van der Waals surface area contributed by atoms with Gasteiger partial charge in [-0.1, -0.05) is 48.5 Å². The molecule has 0 fully saturated rings. The van der Waals surface area contributed by atoms with Crippen molar-refractivity contribution < 1.29 is 45.8 Å². The van der Waals surface area contributed by atoms with Gasteiger partial charge >= 0.3 is 24.4 Å². The first-order chi connectivity index (χ1) is 14.4. The van der Waals surface area contributed by atoms with E-state index in [0.29, 0.717) is 11.1 Å². The molecule has 0 spiro atoms. The summed E-state index contributed by atoms with van der Waals surface area (Å²) in [6.45, 7) is 0. The van der Waals surface area contributed by atoms with Crippen LogP contribution in [0.15, 0.2) is 48.5 Å². The maximum atomic E-state index is 12.8. The summed E-state index contributed by atoms with van der Waals surface area (Å²) in [5, 5.41) is 10.7. The predicted octanol–water partition coefficient (Wildman–Crippen LogP) is 5.07. The van der Waals surface area contributed by atoms with Gasteiger partial charge in [-0.05, 0) is 17.5 Å². The van der Waals surface area contributed by atoms with Crippen LogP contribution in [-0.2, 0) is 9.53 Å². The third-order valence-corrected chi connectivity index (χ3v) is 4.85. The summed E-state index contributed by atoms with van der Waals surface area (Å²) < 4.78 is 81.9. The van der Waals surface area contributed by atoms with Crippen LogP contribution in [0.4, 0.5) is 31.1 Å². The van der Waals surface area contributed by atoms with Crippen molar-refractivity contribution in [3.8, 4) is 11.1 Å². The van der Waals surface area contributed by atoms with Crippen LogP contribution >= 0.6 is 0 Å². The van der Waals surface area contributed by atoms with Crippen LogP contribution in [0.5, 0.6) is 0 Å². The van der Waals surface area contributed by atoms with Gasteiger partial charge in [0.05, 0.1) is 0 Å². The number of ether oxygens (including phenoxy) is 1. The number of amides is 1. The minimum absolute atomic E-state index is 0.550. The average molecular weight is 447 g/mol. The first-order valence-corrected chi connectivity index (χ1v) is 8.91. The molecule has 5 nitrogen and oxygen atoms in total. The SMILES string of the molecule is O=C(NC(CC(C(F)(F)F)C(F)(F)F)C(=O)O)OC1c2ccccc2-c2ccccc21. The second-order valence-electron chi connectivity index (χ2n) is 6.87. The molecule has 31 heavy (non-hydrogen) atoms. The van der Waals surface area contributed by atoms with Crippen LogP contribution in [-0.4, -0.2) is 35.6 Å². The monoisotopic (exact) mass is 447 g/mol. The number of fused-ring (bicyclic) bond motifs is 3. The number of alkyl carbamates (subject to hydrolysis) is 1. The number of carboxylic acid groups (broad SMARTS) is 1. The summed E-state index contributed by atoms with van der Waals surface area (Å²) in [7, 11) is 0. The number of carbonyl (C=O) groups excluding carboxylic acids is 1. The molecule has 0 bridgehead atoms. The van der Waals surface area contributed by atoms with E-state index in [1.807, 2.05) is 0 Å².